The van der Waals surface area contributed by atoms with Gasteiger partial charge in [0.1, 0.15) is 0 Å². The van der Waals surface area contributed by atoms with Crippen molar-refractivity contribution in [2.75, 3.05) is 7.11 Å². The molecule has 2 aromatic carbocycles. The number of hydrogen-bond donors (Lipinski definition) is 3. The maximum absolute atomic E-state index is 9.73. The quantitative estimate of drug-likeness (QED) is 0.340. The van der Waals surface area contributed by atoms with Gasteiger partial charge in [0.25, 0.3) is 0 Å². The number of phenols is 1. The number of aromatic hydroxyl groups is 1. The lowest BCUT2D eigenvalue weighted by molar-refractivity contribution is 0.373. The number of ether oxygens (including phenoxy) is 1. The van der Waals surface area contributed by atoms with Gasteiger partial charge in [0.15, 0.2) is 11.5 Å². The molecule has 124 valence electrons. The van der Waals surface area contributed by atoms with Crippen molar-refractivity contribution in [3.8, 4) is 11.5 Å². The summed E-state index contributed by atoms with van der Waals surface area (Å²) in [6, 6.07) is 14.9. The Bertz CT molecular complexity index is 792. The van der Waals surface area contributed by atoms with Gasteiger partial charge < -0.3 is 21.3 Å². The van der Waals surface area contributed by atoms with Crippen molar-refractivity contribution in [2.45, 2.75) is 6.92 Å². The van der Waals surface area contributed by atoms with E-state index in [4.69, 9.17) is 16.2 Å². The highest BCUT2D eigenvalue weighted by Crippen LogP contribution is 2.28. The summed E-state index contributed by atoms with van der Waals surface area (Å²) >= 11 is 0. The summed E-state index contributed by atoms with van der Waals surface area (Å²) in [5, 5.41) is 17.5. The molecule has 0 aliphatic carbocycles. The topological polar surface area (TPSA) is 106 Å². The fourth-order valence-electron chi connectivity index (χ4n) is 2.15. The van der Waals surface area contributed by atoms with Crippen molar-refractivity contribution >= 4 is 23.3 Å². The number of nitrogens with two attached hydrogens (primary N) is 2. The summed E-state index contributed by atoms with van der Waals surface area (Å²) in [6.45, 7) is 1.82. The molecule has 0 saturated heterocycles. The Balaban J connectivity index is 2.54. The molecule has 0 fully saturated rings. The second kappa shape index (κ2) is 7.82. The average molecular weight is 324 g/mol. The molecule has 0 heterocycles. The Morgan fingerprint density at radius 2 is 1.79 bits per heavy atom. The molecule has 0 saturated carbocycles. The lowest BCUT2D eigenvalue weighted by Crippen LogP contribution is -2.22. The maximum atomic E-state index is 9.73. The number of phenolic OH excluding ortho intramolecular Hbond substituents is 1. The van der Waals surface area contributed by atoms with Gasteiger partial charge in [-0.2, -0.15) is 5.10 Å². The molecule has 0 amide bonds. The molecule has 0 radical (unpaired) electrons. The van der Waals surface area contributed by atoms with E-state index in [2.05, 4.69) is 10.2 Å². The van der Waals surface area contributed by atoms with Gasteiger partial charge in [0.2, 0.25) is 5.96 Å². The second-order valence-electron chi connectivity index (χ2n) is 5.07. The number of allylic oxidation sites excluding steroid dienone is 1. The number of rotatable bonds is 5. The lowest BCUT2D eigenvalue weighted by Gasteiger charge is -2.09. The third-order valence-corrected chi connectivity index (χ3v) is 3.30. The van der Waals surface area contributed by atoms with Crippen LogP contribution in [0.1, 0.15) is 18.1 Å². The summed E-state index contributed by atoms with van der Waals surface area (Å²) in [6.07, 6.45) is 1.93. The highest BCUT2D eigenvalue weighted by Gasteiger charge is 2.08. The first-order valence-corrected chi connectivity index (χ1v) is 7.29. The molecular weight excluding hydrogens is 304 g/mol. The smallest absolute Gasteiger partial charge is 0.211 e. The average Bonchev–Trinajstić information content (AvgIpc) is 2.59. The van der Waals surface area contributed by atoms with Crippen LogP contribution in [0.2, 0.25) is 0 Å². The summed E-state index contributed by atoms with van der Waals surface area (Å²) in [5.41, 5.74) is 14.0. The first kappa shape index (κ1) is 17.1. The number of nitrogens with zero attached hydrogens (tertiary/aromatic N) is 2. The van der Waals surface area contributed by atoms with Gasteiger partial charge in [-0.05, 0) is 36.3 Å². The molecule has 0 bridgehead atoms. The minimum Gasteiger partial charge on any atom is -0.504 e. The molecular formula is C18H20N4O2. The van der Waals surface area contributed by atoms with Crippen LogP contribution in [0, 0.1) is 0 Å². The number of hydrogen-bond acceptors (Lipinski definition) is 4. The molecule has 24 heavy (non-hydrogen) atoms. The minimum atomic E-state index is -0.104. The molecule has 2 aromatic rings. The van der Waals surface area contributed by atoms with E-state index in [0.29, 0.717) is 11.5 Å². The van der Waals surface area contributed by atoms with Crippen molar-refractivity contribution in [2.24, 2.45) is 21.7 Å². The highest BCUT2D eigenvalue weighted by atomic mass is 16.5. The van der Waals surface area contributed by atoms with Crippen LogP contribution >= 0.6 is 0 Å². The van der Waals surface area contributed by atoms with E-state index in [-0.39, 0.29) is 11.7 Å². The van der Waals surface area contributed by atoms with Gasteiger partial charge >= 0.3 is 0 Å². The van der Waals surface area contributed by atoms with Crippen LogP contribution in [0.4, 0.5) is 0 Å². The van der Waals surface area contributed by atoms with Gasteiger partial charge in [-0.15, -0.1) is 5.10 Å². The third kappa shape index (κ3) is 4.36. The van der Waals surface area contributed by atoms with E-state index in [1.54, 1.807) is 18.2 Å². The Labute approximate surface area is 140 Å². The van der Waals surface area contributed by atoms with Crippen LogP contribution in [0.5, 0.6) is 11.5 Å². The normalized spacial score (nSPS) is 11.9. The van der Waals surface area contributed by atoms with Gasteiger partial charge in [-0.1, -0.05) is 36.4 Å². The van der Waals surface area contributed by atoms with Gasteiger partial charge in [-0.25, -0.2) is 0 Å². The molecule has 6 heteroatoms. The largest absolute Gasteiger partial charge is 0.504 e. The van der Waals surface area contributed by atoms with Crippen molar-refractivity contribution in [1.82, 2.24) is 0 Å². The van der Waals surface area contributed by atoms with Crippen LogP contribution in [-0.2, 0) is 0 Å². The molecule has 0 unspecified atom stereocenters. The molecule has 0 spiro atoms. The standard InChI is InChI=1S/C18H20N4O2/c1-12(21-22-18(19)20)15(14-6-4-3-5-7-14)10-13-8-9-16(23)17(11-13)24-2/h3-11,23H,1-2H3,(H4,19,20,22)/b15-10+,21-12+. The summed E-state index contributed by atoms with van der Waals surface area (Å²) in [4.78, 5) is 0. The van der Waals surface area contributed by atoms with Crippen molar-refractivity contribution < 1.29 is 9.84 Å². The van der Waals surface area contributed by atoms with E-state index in [0.717, 1.165) is 16.7 Å². The van der Waals surface area contributed by atoms with Gasteiger partial charge in [-0.3, -0.25) is 0 Å². The Morgan fingerprint density at radius 1 is 1.08 bits per heavy atom. The van der Waals surface area contributed by atoms with Crippen LogP contribution < -0.4 is 16.2 Å². The minimum absolute atomic E-state index is 0.0850. The van der Waals surface area contributed by atoms with E-state index < -0.39 is 0 Å². The predicted molar refractivity (Wildman–Crippen MR) is 97.9 cm³/mol. The molecule has 0 aliphatic rings. The van der Waals surface area contributed by atoms with Gasteiger partial charge in [0, 0.05) is 5.57 Å². The third-order valence-electron chi connectivity index (χ3n) is 3.30. The van der Waals surface area contributed by atoms with Crippen LogP contribution in [0.25, 0.3) is 11.6 Å². The molecule has 2 rings (SSSR count). The molecule has 0 atom stereocenters. The van der Waals surface area contributed by atoms with Crippen LogP contribution in [0.15, 0.2) is 58.7 Å². The molecule has 5 N–H and O–H groups in total. The van der Waals surface area contributed by atoms with E-state index in [1.165, 1.54) is 7.11 Å². The zero-order chi connectivity index (χ0) is 17.5. The summed E-state index contributed by atoms with van der Waals surface area (Å²) in [7, 11) is 1.51. The Hall–Kier alpha value is -3.28. The lowest BCUT2D eigenvalue weighted by atomic mass is 9.99. The monoisotopic (exact) mass is 324 g/mol. The predicted octanol–water partition coefficient (Wildman–Crippen LogP) is 2.59. The summed E-state index contributed by atoms with van der Waals surface area (Å²) in [5.74, 6) is 0.379. The Kier molecular flexibility index (Phi) is 5.57. The molecule has 6 nitrogen and oxygen atoms in total. The zero-order valence-corrected chi connectivity index (χ0v) is 13.6. The van der Waals surface area contributed by atoms with Crippen molar-refractivity contribution in [3.05, 3.63) is 59.7 Å². The number of guanidine groups is 1. The van der Waals surface area contributed by atoms with Gasteiger partial charge in [0.05, 0.1) is 12.8 Å². The second-order valence-corrected chi connectivity index (χ2v) is 5.07. The number of benzene rings is 2. The Morgan fingerprint density at radius 3 is 2.42 bits per heavy atom. The maximum Gasteiger partial charge on any atom is 0.211 e. The SMILES string of the molecule is COc1cc(/C=C(\C(C)=N\N=C(N)N)c2ccccc2)ccc1O. The number of methoxy groups -OCH3 is 1. The first-order chi connectivity index (χ1) is 11.5. The van der Waals surface area contributed by atoms with Crippen molar-refractivity contribution in [1.29, 1.82) is 0 Å². The fraction of sp³-hybridized carbons (Fsp3) is 0.111. The van der Waals surface area contributed by atoms with E-state index >= 15 is 0 Å². The molecule has 0 aromatic heterocycles. The molecule has 0 aliphatic heterocycles. The van der Waals surface area contributed by atoms with Crippen LogP contribution in [0.3, 0.4) is 0 Å². The van der Waals surface area contributed by atoms with Crippen LogP contribution in [-0.4, -0.2) is 23.9 Å². The van der Waals surface area contributed by atoms with E-state index in [9.17, 15) is 5.11 Å². The first-order valence-electron chi connectivity index (χ1n) is 7.29. The summed E-state index contributed by atoms with van der Waals surface area (Å²) < 4.78 is 5.15. The fourth-order valence-corrected chi connectivity index (χ4v) is 2.15. The van der Waals surface area contributed by atoms with Crippen molar-refractivity contribution in [3.63, 3.8) is 0 Å². The zero-order valence-electron chi connectivity index (χ0n) is 13.6. The highest BCUT2D eigenvalue weighted by molar-refractivity contribution is 6.27. The van der Waals surface area contributed by atoms with E-state index in [1.807, 2.05) is 43.3 Å².